The second-order valence-electron chi connectivity index (χ2n) is 3.60. The van der Waals surface area contributed by atoms with Gasteiger partial charge in [0.25, 0.3) is 5.91 Å². The molecule has 1 aromatic carbocycles. The van der Waals surface area contributed by atoms with Gasteiger partial charge >= 0.3 is 5.97 Å². The first-order valence-electron chi connectivity index (χ1n) is 5.14. The molecule has 4 nitrogen and oxygen atoms in total. The molecule has 1 aromatic rings. The summed E-state index contributed by atoms with van der Waals surface area (Å²) in [6, 6.07) is 6.36. The van der Waals surface area contributed by atoms with Crippen LogP contribution in [-0.4, -0.2) is 30.8 Å². The van der Waals surface area contributed by atoms with Crippen molar-refractivity contribution in [2.24, 2.45) is 0 Å². The summed E-state index contributed by atoms with van der Waals surface area (Å²) < 4.78 is 4.56. The Bertz CT molecular complexity index is 403. The van der Waals surface area contributed by atoms with E-state index in [9.17, 15) is 9.59 Å². The maximum atomic E-state index is 11.8. The molecular weight excluding hydrogens is 238 g/mol. The number of hydrogen-bond acceptors (Lipinski definition) is 4. The Kier molecular flexibility index (Phi) is 5.03. The molecule has 0 unspecified atom stereocenters. The normalized spacial score (nSPS) is 11.7. The van der Waals surface area contributed by atoms with Crippen LogP contribution in [0.15, 0.2) is 24.3 Å². The molecule has 1 N–H and O–H groups in total. The highest BCUT2D eigenvalue weighted by Gasteiger charge is 2.20. The van der Waals surface area contributed by atoms with Gasteiger partial charge in [-0.15, -0.1) is 0 Å². The number of hydrogen-bond donors (Lipinski definition) is 2. The summed E-state index contributed by atoms with van der Waals surface area (Å²) >= 11 is 4.00. The Morgan fingerprint density at radius 3 is 2.41 bits per heavy atom. The first-order valence-corrected chi connectivity index (χ1v) is 5.78. The number of nitrogens with one attached hydrogen (secondary N) is 1. The van der Waals surface area contributed by atoms with Gasteiger partial charge in [0.1, 0.15) is 6.04 Å². The molecule has 0 aliphatic heterocycles. The molecule has 0 fully saturated rings. The van der Waals surface area contributed by atoms with E-state index in [0.29, 0.717) is 5.56 Å². The topological polar surface area (TPSA) is 55.4 Å². The van der Waals surface area contributed by atoms with E-state index in [1.165, 1.54) is 7.11 Å². The first kappa shape index (κ1) is 13.6. The molecule has 1 amide bonds. The van der Waals surface area contributed by atoms with Crippen LogP contribution >= 0.6 is 12.6 Å². The van der Waals surface area contributed by atoms with Gasteiger partial charge in [-0.2, -0.15) is 12.6 Å². The van der Waals surface area contributed by atoms with Crippen LogP contribution in [0.2, 0.25) is 0 Å². The Morgan fingerprint density at radius 1 is 1.35 bits per heavy atom. The maximum absolute atomic E-state index is 11.8. The Labute approximate surface area is 106 Å². The van der Waals surface area contributed by atoms with E-state index in [1.807, 2.05) is 19.1 Å². The molecule has 92 valence electrons. The summed E-state index contributed by atoms with van der Waals surface area (Å²) in [4.78, 5) is 23.1. The minimum Gasteiger partial charge on any atom is -0.467 e. The monoisotopic (exact) mass is 253 g/mol. The molecule has 1 rings (SSSR count). The van der Waals surface area contributed by atoms with Crippen molar-refractivity contribution in [3.8, 4) is 0 Å². The summed E-state index contributed by atoms with van der Waals surface area (Å²) in [5, 5.41) is 2.56. The molecule has 0 radical (unpaired) electrons. The average Bonchev–Trinajstić information content (AvgIpc) is 2.35. The fraction of sp³-hybridized carbons (Fsp3) is 0.333. The van der Waals surface area contributed by atoms with Crippen molar-refractivity contribution >= 4 is 24.5 Å². The van der Waals surface area contributed by atoms with Crippen LogP contribution in [0.3, 0.4) is 0 Å². The van der Waals surface area contributed by atoms with Crippen LogP contribution in [-0.2, 0) is 9.53 Å². The maximum Gasteiger partial charge on any atom is 0.329 e. The lowest BCUT2D eigenvalue weighted by molar-refractivity contribution is -0.142. The van der Waals surface area contributed by atoms with Gasteiger partial charge in [-0.25, -0.2) is 4.79 Å². The van der Waals surface area contributed by atoms with Gasteiger partial charge in [0, 0.05) is 11.3 Å². The van der Waals surface area contributed by atoms with Crippen molar-refractivity contribution in [2.75, 3.05) is 12.9 Å². The van der Waals surface area contributed by atoms with Crippen LogP contribution in [0.25, 0.3) is 0 Å². The van der Waals surface area contributed by atoms with Gasteiger partial charge < -0.3 is 10.1 Å². The summed E-state index contributed by atoms with van der Waals surface area (Å²) in [6.07, 6.45) is 0. The molecule has 0 bridgehead atoms. The van der Waals surface area contributed by atoms with Gasteiger partial charge in [0.05, 0.1) is 7.11 Å². The van der Waals surface area contributed by atoms with Crippen LogP contribution in [0, 0.1) is 6.92 Å². The van der Waals surface area contributed by atoms with E-state index in [4.69, 9.17) is 0 Å². The molecule has 1 atom stereocenters. The Morgan fingerprint density at radius 2 is 1.94 bits per heavy atom. The quantitative estimate of drug-likeness (QED) is 0.626. The average molecular weight is 253 g/mol. The number of ether oxygens (including phenoxy) is 1. The number of methoxy groups -OCH3 is 1. The second kappa shape index (κ2) is 6.30. The van der Waals surface area contributed by atoms with Crippen LogP contribution < -0.4 is 5.32 Å². The molecule has 5 heteroatoms. The van der Waals surface area contributed by atoms with E-state index in [2.05, 4.69) is 22.7 Å². The van der Waals surface area contributed by atoms with Crippen molar-refractivity contribution in [1.82, 2.24) is 5.32 Å². The van der Waals surface area contributed by atoms with Crippen LogP contribution in [0.4, 0.5) is 0 Å². The zero-order valence-corrected chi connectivity index (χ0v) is 10.7. The molecule has 0 saturated carbocycles. The lowest BCUT2D eigenvalue weighted by Gasteiger charge is -2.14. The third-order valence-corrected chi connectivity index (χ3v) is 2.65. The number of rotatable bonds is 4. The van der Waals surface area contributed by atoms with Gasteiger partial charge in [-0.1, -0.05) is 17.7 Å². The number of amides is 1. The second-order valence-corrected chi connectivity index (χ2v) is 3.96. The summed E-state index contributed by atoms with van der Waals surface area (Å²) in [6.45, 7) is 1.94. The first-order chi connectivity index (χ1) is 8.08. The zero-order chi connectivity index (χ0) is 12.8. The number of carbonyl (C=O) groups excluding carboxylic acids is 2. The van der Waals surface area contributed by atoms with E-state index < -0.39 is 12.0 Å². The minimum absolute atomic E-state index is 0.199. The van der Waals surface area contributed by atoms with Crippen molar-refractivity contribution in [2.45, 2.75) is 13.0 Å². The number of carbonyl (C=O) groups is 2. The predicted molar refractivity (Wildman–Crippen MR) is 68.3 cm³/mol. The number of aryl methyl sites for hydroxylation is 1. The van der Waals surface area contributed by atoms with Gasteiger partial charge in [0.2, 0.25) is 0 Å². The molecule has 17 heavy (non-hydrogen) atoms. The van der Waals surface area contributed by atoms with E-state index in [0.717, 1.165) is 5.56 Å². The lowest BCUT2D eigenvalue weighted by atomic mass is 10.1. The van der Waals surface area contributed by atoms with Crippen molar-refractivity contribution in [3.05, 3.63) is 35.4 Å². The number of benzene rings is 1. The number of esters is 1. The third-order valence-electron chi connectivity index (χ3n) is 2.29. The van der Waals surface area contributed by atoms with Gasteiger partial charge in [-0.3, -0.25) is 4.79 Å². The molecule has 0 heterocycles. The van der Waals surface area contributed by atoms with E-state index >= 15 is 0 Å². The fourth-order valence-electron chi connectivity index (χ4n) is 1.27. The SMILES string of the molecule is COC(=O)[C@H](CS)NC(=O)c1ccc(C)cc1. The zero-order valence-electron chi connectivity index (χ0n) is 9.77. The molecule has 0 aromatic heterocycles. The third kappa shape index (κ3) is 3.78. The molecule has 0 spiro atoms. The van der Waals surface area contributed by atoms with Crippen molar-refractivity contribution in [1.29, 1.82) is 0 Å². The van der Waals surface area contributed by atoms with Crippen molar-refractivity contribution in [3.63, 3.8) is 0 Å². The van der Waals surface area contributed by atoms with Gasteiger partial charge in [0.15, 0.2) is 0 Å². The summed E-state index contributed by atoms with van der Waals surface area (Å²) in [5.74, 6) is -0.612. The highest BCUT2D eigenvalue weighted by molar-refractivity contribution is 7.80. The Balaban J connectivity index is 2.71. The summed E-state index contributed by atoms with van der Waals surface area (Å²) in [7, 11) is 1.27. The van der Waals surface area contributed by atoms with Crippen molar-refractivity contribution < 1.29 is 14.3 Å². The standard InChI is InChI=1S/C12H15NO3S/c1-8-3-5-9(6-4-8)11(14)13-10(7-17)12(15)16-2/h3-6,10,17H,7H2,1-2H3,(H,13,14)/t10-/m0/s1. The fourth-order valence-corrected chi connectivity index (χ4v) is 1.51. The molecule has 0 aliphatic carbocycles. The predicted octanol–water partition coefficient (Wildman–Crippen LogP) is 1.20. The smallest absolute Gasteiger partial charge is 0.329 e. The highest BCUT2D eigenvalue weighted by atomic mass is 32.1. The minimum atomic E-state index is -0.725. The lowest BCUT2D eigenvalue weighted by Crippen LogP contribution is -2.42. The molecular formula is C12H15NO3S. The molecule has 0 aliphatic rings. The van der Waals surface area contributed by atoms with Crippen LogP contribution in [0.5, 0.6) is 0 Å². The number of thiol groups is 1. The van der Waals surface area contributed by atoms with Crippen LogP contribution in [0.1, 0.15) is 15.9 Å². The molecule has 0 saturated heterocycles. The highest BCUT2D eigenvalue weighted by Crippen LogP contribution is 2.04. The van der Waals surface area contributed by atoms with E-state index in [-0.39, 0.29) is 11.7 Å². The van der Waals surface area contributed by atoms with Gasteiger partial charge in [-0.05, 0) is 19.1 Å². The Hall–Kier alpha value is -1.49. The summed E-state index contributed by atoms with van der Waals surface area (Å²) in [5.41, 5.74) is 1.58. The largest absolute Gasteiger partial charge is 0.467 e. The van der Waals surface area contributed by atoms with E-state index in [1.54, 1.807) is 12.1 Å².